The number of para-hydroxylation sites is 1. The SMILES string of the molecule is COc1ccccc1CN(C)C(=O)C1CCCN(Cc2nc(-c3ccccc3C)no2)C1. The van der Waals surface area contributed by atoms with Crippen molar-refractivity contribution in [2.75, 3.05) is 27.2 Å². The molecule has 2 heterocycles. The zero-order valence-electron chi connectivity index (χ0n) is 19.0. The molecule has 0 spiro atoms. The zero-order chi connectivity index (χ0) is 22.5. The van der Waals surface area contributed by atoms with Gasteiger partial charge in [0.1, 0.15) is 5.75 Å². The normalized spacial score (nSPS) is 16.7. The Kier molecular flexibility index (Phi) is 6.85. The molecule has 7 heteroatoms. The molecule has 1 unspecified atom stereocenters. The largest absolute Gasteiger partial charge is 0.496 e. The lowest BCUT2D eigenvalue weighted by atomic mass is 9.96. The highest BCUT2D eigenvalue weighted by Crippen LogP contribution is 2.24. The third-order valence-electron chi connectivity index (χ3n) is 6.04. The maximum atomic E-state index is 13.1. The first-order chi connectivity index (χ1) is 15.5. The first-order valence-electron chi connectivity index (χ1n) is 11.0. The van der Waals surface area contributed by atoms with Crippen LogP contribution in [0.25, 0.3) is 11.4 Å². The average Bonchev–Trinajstić information content (AvgIpc) is 3.27. The molecule has 0 bridgehead atoms. The van der Waals surface area contributed by atoms with E-state index in [1.807, 2.05) is 62.5 Å². The van der Waals surface area contributed by atoms with E-state index in [0.717, 1.165) is 41.8 Å². The Bertz CT molecular complexity index is 1060. The van der Waals surface area contributed by atoms with Crippen LogP contribution in [0.4, 0.5) is 0 Å². The highest BCUT2D eigenvalue weighted by Gasteiger charge is 2.29. The van der Waals surface area contributed by atoms with E-state index in [1.165, 1.54) is 0 Å². The molecule has 1 aliphatic heterocycles. The molecule has 0 aliphatic carbocycles. The van der Waals surface area contributed by atoms with Crippen molar-refractivity contribution in [2.45, 2.75) is 32.9 Å². The van der Waals surface area contributed by atoms with Crippen LogP contribution in [0.1, 0.15) is 29.9 Å². The average molecular weight is 435 g/mol. The molecular weight excluding hydrogens is 404 g/mol. The predicted molar refractivity (Wildman–Crippen MR) is 122 cm³/mol. The Hall–Kier alpha value is -3.19. The molecule has 1 amide bonds. The lowest BCUT2D eigenvalue weighted by molar-refractivity contribution is -0.136. The summed E-state index contributed by atoms with van der Waals surface area (Å²) in [5, 5.41) is 4.16. The molecule has 0 saturated carbocycles. The van der Waals surface area contributed by atoms with Crippen molar-refractivity contribution in [3.63, 3.8) is 0 Å². The monoisotopic (exact) mass is 434 g/mol. The van der Waals surface area contributed by atoms with Gasteiger partial charge in [0.05, 0.1) is 19.6 Å². The number of methoxy groups -OCH3 is 1. The molecule has 0 N–H and O–H groups in total. The fraction of sp³-hybridized carbons (Fsp3) is 0.400. The van der Waals surface area contributed by atoms with Crippen molar-refractivity contribution >= 4 is 5.91 Å². The van der Waals surface area contributed by atoms with Crippen molar-refractivity contribution in [1.29, 1.82) is 0 Å². The highest BCUT2D eigenvalue weighted by molar-refractivity contribution is 5.79. The molecule has 32 heavy (non-hydrogen) atoms. The molecule has 1 fully saturated rings. The quantitative estimate of drug-likeness (QED) is 0.561. The number of benzene rings is 2. The number of carbonyl (C=O) groups excluding carboxylic acids is 1. The van der Waals surface area contributed by atoms with Crippen LogP contribution < -0.4 is 4.74 Å². The molecule has 7 nitrogen and oxygen atoms in total. The van der Waals surface area contributed by atoms with Gasteiger partial charge in [0.2, 0.25) is 17.6 Å². The first-order valence-corrected chi connectivity index (χ1v) is 11.0. The number of aromatic nitrogens is 2. The Morgan fingerprint density at radius 2 is 2.00 bits per heavy atom. The van der Waals surface area contributed by atoms with E-state index in [2.05, 4.69) is 15.0 Å². The van der Waals surface area contributed by atoms with Gasteiger partial charge in [-0.2, -0.15) is 4.98 Å². The van der Waals surface area contributed by atoms with E-state index in [0.29, 0.717) is 31.3 Å². The Labute approximate surface area is 189 Å². The zero-order valence-corrected chi connectivity index (χ0v) is 19.0. The molecule has 1 atom stereocenters. The molecule has 1 aliphatic rings. The Morgan fingerprint density at radius 3 is 2.81 bits per heavy atom. The number of aryl methyl sites for hydroxylation is 1. The molecule has 168 valence electrons. The van der Waals surface area contributed by atoms with Gasteiger partial charge in [-0.25, -0.2) is 0 Å². The molecule has 4 rings (SSSR count). The van der Waals surface area contributed by atoms with Gasteiger partial charge in [0, 0.05) is 31.3 Å². The fourth-order valence-electron chi connectivity index (χ4n) is 4.32. The van der Waals surface area contributed by atoms with Crippen molar-refractivity contribution in [1.82, 2.24) is 19.9 Å². The van der Waals surface area contributed by atoms with Crippen LogP contribution >= 0.6 is 0 Å². The molecule has 1 saturated heterocycles. The number of likely N-dealkylation sites (tertiary alicyclic amines) is 1. The Balaban J connectivity index is 1.37. The summed E-state index contributed by atoms with van der Waals surface area (Å²) < 4.78 is 10.9. The number of ether oxygens (including phenoxy) is 1. The molecule has 2 aromatic carbocycles. The fourth-order valence-corrected chi connectivity index (χ4v) is 4.32. The lowest BCUT2D eigenvalue weighted by Gasteiger charge is -2.33. The van der Waals surface area contributed by atoms with Gasteiger partial charge in [-0.15, -0.1) is 0 Å². The van der Waals surface area contributed by atoms with Gasteiger partial charge in [-0.05, 0) is 37.9 Å². The van der Waals surface area contributed by atoms with Gasteiger partial charge >= 0.3 is 0 Å². The third kappa shape index (κ3) is 4.99. The topological polar surface area (TPSA) is 71.7 Å². The number of nitrogens with zero attached hydrogens (tertiary/aromatic N) is 4. The smallest absolute Gasteiger partial charge is 0.241 e. The number of carbonyl (C=O) groups is 1. The van der Waals surface area contributed by atoms with Crippen LogP contribution in [0.3, 0.4) is 0 Å². The molecule has 3 aromatic rings. The summed E-state index contributed by atoms with van der Waals surface area (Å²) >= 11 is 0. The van der Waals surface area contributed by atoms with Crippen molar-refractivity contribution in [3.8, 4) is 17.1 Å². The van der Waals surface area contributed by atoms with Crippen LogP contribution in [0, 0.1) is 12.8 Å². The minimum atomic E-state index is -0.0396. The standard InChI is InChI=1S/C25H30N4O3/c1-18-9-4-6-12-21(18)24-26-23(32-27-24)17-29-14-8-11-20(16-29)25(30)28(2)15-19-10-5-7-13-22(19)31-3/h4-7,9-10,12-13,20H,8,11,14-17H2,1-3H3. The van der Waals surface area contributed by atoms with Crippen LogP contribution in [-0.4, -0.2) is 53.1 Å². The minimum absolute atomic E-state index is 0.0396. The predicted octanol–water partition coefficient (Wildman–Crippen LogP) is 3.92. The second-order valence-electron chi connectivity index (χ2n) is 8.41. The number of rotatable bonds is 7. The summed E-state index contributed by atoms with van der Waals surface area (Å²) in [4.78, 5) is 21.8. The second-order valence-corrected chi connectivity index (χ2v) is 8.41. The second kappa shape index (κ2) is 9.96. The summed E-state index contributed by atoms with van der Waals surface area (Å²) in [6, 6.07) is 15.8. The van der Waals surface area contributed by atoms with Crippen LogP contribution in [0.2, 0.25) is 0 Å². The summed E-state index contributed by atoms with van der Waals surface area (Å²) in [6.07, 6.45) is 1.86. The summed E-state index contributed by atoms with van der Waals surface area (Å²) in [5.41, 5.74) is 3.10. The number of piperidine rings is 1. The summed E-state index contributed by atoms with van der Waals surface area (Å²) in [6.45, 7) is 4.73. The lowest BCUT2D eigenvalue weighted by Crippen LogP contribution is -2.43. The van der Waals surface area contributed by atoms with Gasteiger partial charge in [0.25, 0.3) is 0 Å². The van der Waals surface area contributed by atoms with Crippen LogP contribution in [0.15, 0.2) is 53.1 Å². The number of amides is 1. The van der Waals surface area contributed by atoms with E-state index in [9.17, 15) is 4.79 Å². The van der Waals surface area contributed by atoms with Crippen LogP contribution in [-0.2, 0) is 17.9 Å². The number of hydrogen-bond donors (Lipinski definition) is 0. The summed E-state index contributed by atoms with van der Waals surface area (Å²) in [7, 11) is 3.52. The molecule has 0 radical (unpaired) electrons. The van der Waals surface area contributed by atoms with E-state index < -0.39 is 0 Å². The van der Waals surface area contributed by atoms with E-state index in [1.54, 1.807) is 12.0 Å². The summed E-state index contributed by atoms with van der Waals surface area (Å²) in [5.74, 6) is 2.12. The van der Waals surface area contributed by atoms with E-state index in [-0.39, 0.29) is 11.8 Å². The van der Waals surface area contributed by atoms with Gasteiger partial charge in [-0.1, -0.05) is 47.6 Å². The maximum absolute atomic E-state index is 13.1. The van der Waals surface area contributed by atoms with Crippen LogP contribution in [0.5, 0.6) is 5.75 Å². The maximum Gasteiger partial charge on any atom is 0.241 e. The van der Waals surface area contributed by atoms with Crippen molar-refractivity contribution < 1.29 is 14.1 Å². The molecular formula is C25H30N4O3. The van der Waals surface area contributed by atoms with E-state index >= 15 is 0 Å². The third-order valence-corrected chi connectivity index (χ3v) is 6.04. The molecule has 1 aromatic heterocycles. The van der Waals surface area contributed by atoms with Crippen molar-refractivity contribution in [3.05, 3.63) is 65.5 Å². The minimum Gasteiger partial charge on any atom is -0.496 e. The first kappa shape index (κ1) is 22.0. The van der Waals surface area contributed by atoms with E-state index in [4.69, 9.17) is 9.26 Å². The highest BCUT2D eigenvalue weighted by atomic mass is 16.5. The van der Waals surface area contributed by atoms with Gasteiger partial charge in [-0.3, -0.25) is 9.69 Å². The van der Waals surface area contributed by atoms with Crippen molar-refractivity contribution in [2.24, 2.45) is 5.92 Å². The van der Waals surface area contributed by atoms with Gasteiger partial charge < -0.3 is 14.2 Å². The van der Waals surface area contributed by atoms with Gasteiger partial charge in [0.15, 0.2) is 0 Å². The Morgan fingerprint density at radius 1 is 1.22 bits per heavy atom. The number of hydrogen-bond acceptors (Lipinski definition) is 6.